The van der Waals surface area contributed by atoms with Gasteiger partial charge in [-0.3, -0.25) is 10.0 Å². The smallest absolute Gasteiger partial charge is 0.244 e. The van der Waals surface area contributed by atoms with Crippen molar-refractivity contribution in [2.45, 2.75) is 12.3 Å². The number of anilines is 1. The molecular weight excluding hydrogens is 230 g/mol. The summed E-state index contributed by atoms with van der Waals surface area (Å²) in [6.07, 6.45) is 0.292. The van der Waals surface area contributed by atoms with E-state index < -0.39 is 0 Å². The van der Waals surface area contributed by atoms with E-state index in [1.807, 2.05) is 0 Å². The summed E-state index contributed by atoms with van der Waals surface area (Å²) < 4.78 is 0. The van der Waals surface area contributed by atoms with E-state index in [9.17, 15) is 4.79 Å². The van der Waals surface area contributed by atoms with Crippen LogP contribution in [0, 0.1) is 0 Å². The van der Waals surface area contributed by atoms with Crippen LogP contribution in [-0.4, -0.2) is 37.8 Å². The number of hydrogen-bond acceptors (Lipinski definition) is 4. The van der Waals surface area contributed by atoms with Crippen molar-refractivity contribution in [3.63, 3.8) is 0 Å². The Morgan fingerprint density at radius 3 is 3.06 bits per heavy atom. The molecule has 0 bridgehead atoms. The number of carbonyl (C=O) groups excluding carboxylic acids is 1. The molecule has 5 heteroatoms. The van der Waals surface area contributed by atoms with Gasteiger partial charge in [-0.1, -0.05) is 18.2 Å². The van der Waals surface area contributed by atoms with Crippen LogP contribution < -0.4 is 15.7 Å². The predicted octanol–water partition coefficient (Wildman–Crippen LogP) is 0.705. The zero-order valence-electron chi connectivity index (χ0n) is 10.5. The van der Waals surface area contributed by atoms with Crippen molar-refractivity contribution in [1.82, 2.24) is 10.8 Å². The Morgan fingerprint density at radius 1 is 1.50 bits per heavy atom. The molecule has 18 heavy (non-hydrogen) atoms. The van der Waals surface area contributed by atoms with Crippen LogP contribution in [-0.2, 0) is 4.79 Å². The summed E-state index contributed by atoms with van der Waals surface area (Å²) in [4.78, 5) is 13.1. The van der Waals surface area contributed by atoms with Crippen LogP contribution in [0.3, 0.4) is 0 Å². The van der Waals surface area contributed by atoms with Crippen LogP contribution in [0.25, 0.3) is 0 Å². The average molecular weight is 249 g/mol. The number of nitrogens with one attached hydrogen (secondary N) is 2. The second-order valence-corrected chi connectivity index (χ2v) is 4.63. The Morgan fingerprint density at radius 2 is 2.28 bits per heavy atom. The van der Waals surface area contributed by atoms with Crippen LogP contribution in [0.5, 0.6) is 0 Å². The maximum absolute atomic E-state index is 10.8. The van der Waals surface area contributed by atoms with E-state index in [1.165, 1.54) is 11.3 Å². The topological polar surface area (TPSA) is 64.6 Å². The molecular formula is C13H19N3O2. The molecule has 3 N–H and O–H groups in total. The highest BCUT2D eigenvalue weighted by molar-refractivity contribution is 5.74. The maximum Gasteiger partial charge on any atom is 0.244 e. The van der Waals surface area contributed by atoms with E-state index in [1.54, 1.807) is 5.48 Å². The van der Waals surface area contributed by atoms with Gasteiger partial charge in [0.15, 0.2) is 0 Å². The van der Waals surface area contributed by atoms with Gasteiger partial charge in [-0.05, 0) is 11.6 Å². The Hall–Kier alpha value is -1.59. The number of likely N-dealkylation sites (N-methyl/N-ethyl adjacent to an activating group) is 1. The number of benzene rings is 1. The van der Waals surface area contributed by atoms with Gasteiger partial charge in [-0.2, -0.15) is 0 Å². The first-order valence-electron chi connectivity index (χ1n) is 6.16. The zero-order valence-corrected chi connectivity index (χ0v) is 10.5. The first kappa shape index (κ1) is 12.9. The summed E-state index contributed by atoms with van der Waals surface area (Å²) in [6.45, 7) is 2.42. The van der Waals surface area contributed by atoms with E-state index >= 15 is 0 Å². The number of carbonyl (C=O) groups is 1. The molecule has 1 aromatic carbocycles. The predicted molar refractivity (Wildman–Crippen MR) is 69.9 cm³/mol. The maximum atomic E-state index is 10.8. The quantitative estimate of drug-likeness (QED) is 0.408. The summed E-state index contributed by atoms with van der Waals surface area (Å²) in [5.74, 6) is 0.106. The lowest BCUT2D eigenvalue weighted by molar-refractivity contribution is -0.129. The van der Waals surface area contributed by atoms with Crippen LogP contribution >= 0.6 is 0 Å². The van der Waals surface area contributed by atoms with Gasteiger partial charge in [-0.15, -0.1) is 0 Å². The summed E-state index contributed by atoms with van der Waals surface area (Å²) in [5.41, 5.74) is 4.28. The van der Waals surface area contributed by atoms with Gasteiger partial charge >= 0.3 is 0 Å². The number of amides is 1. The molecule has 0 spiro atoms. The minimum absolute atomic E-state index is 0.292. The number of nitrogens with zero attached hydrogens (tertiary/aromatic N) is 1. The van der Waals surface area contributed by atoms with Gasteiger partial charge in [0.1, 0.15) is 0 Å². The Balaban J connectivity index is 1.83. The van der Waals surface area contributed by atoms with Gasteiger partial charge in [0, 0.05) is 44.7 Å². The van der Waals surface area contributed by atoms with Crippen molar-refractivity contribution in [2.24, 2.45) is 0 Å². The van der Waals surface area contributed by atoms with Crippen molar-refractivity contribution in [2.75, 3.05) is 31.6 Å². The fourth-order valence-electron chi connectivity index (χ4n) is 2.42. The third kappa shape index (κ3) is 2.80. The molecule has 2 rings (SSSR count). The molecule has 0 aromatic heterocycles. The third-order valence-corrected chi connectivity index (χ3v) is 3.33. The van der Waals surface area contributed by atoms with E-state index in [4.69, 9.17) is 5.21 Å². The Labute approximate surface area is 107 Å². The highest BCUT2D eigenvalue weighted by Gasteiger charge is 2.25. The summed E-state index contributed by atoms with van der Waals surface area (Å²) in [6, 6.07) is 8.40. The molecule has 1 atom stereocenters. The molecule has 0 radical (unpaired) electrons. The van der Waals surface area contributed by atoms with Crippen LogP contribution in [0.4, 0.5) is 5.69 Å². The highest BCUT2D eigenvalue weighted by Crippen LogP contribution is 2.34. The number of para-hydroxylation sites is 1. The Bertz CT molecular complexity index is 422. The van der Waals surface area contributed by atoms with Crippen LogP contribution in [0.1, 0.15) is 17.9 Å². The lowest BCUT2D eigenvalue weighted by Gasteiger charge is -2.13. The SMILES string of the molecule is CN1CC(CNCCC(=O)NO)c2ccccc21. The van der Waals surface area contributed by atoms with Gasteiger partial charge in [0.25, 0.3) is 0 Å². The molecule has 1 aromatic rings. The Kier molecular flexibility index (Phi) is 4.17. The fourth-order valence-corrected chi connectivity index (χ4v) is 2.42. The summed E-state index contributed by atoms with van der Waals surface area (Å²) in [5, 5.41) is 11.6. The van der Waals surface area contributed by atoms with Gasteiger partial charge in [0.2, 0.25) is 5.91 Å². The number of hydroxylamine groups is 1. The third-order valence-electron chi connectivity index (χ3n) is 3.33. The van der Waals surface area contributed by atoms with Crippen molar-refractivity contribution in [1.29, 1.82) is 0 Å². The number of rotatable bonds is 5. The first-order valence-corrected chi connectivity index (χ1v) is 6.16. The van der Waals surface area contributed by atoms with E-state index in [-0.39, 0.29) is 5.91 Å². The van der Waals surface area contributed by atoms with Crippen molar-refractivity contribution in [3.05, 3.63) is 29.8 Å². The minimum atomic E-state index is -0.355. The van der Waals surface area contributed by atoms with Crippen molar-refractivity contribution < 1.29 is 10.0 Å². The molecule has 5 nitrogen and oxygen atoms in total. The van der Waals surface area contributed by atoms with Gasteiger partial charge in [0.05, 0.1) is 0 Å². The molecule has 0 saturated heterocycles. The standard InChI is InChI=1S/C13H19N3O2/c1-16-9-10(8-14-7-6-13(17)15-18)11-4-2-3-5-12(11)16/h2-5,10,14,18H,6-9H2,1H3,(H,15,17). The molecule has 1 unspecified atom stereocenters. The van der Waals surface area contributed by atoms with Gasteiger partial charge in [-0.25, -0.2) is 5.48 Å². The fraction of sp³-hybridized carbons (Fsp3) is 0.462. The van der Waals surface area contributed by atoms with E-state index in [0.29, 0.717) is 18.9 Å². The second kappa shape index (κ2) is 5.84. The normalized spacial score (nSPS) is 17.7. The lowest BCUT2D eigenvalue weighted by atomic mass is 10.0. The summed E-state index contributed by atoms with van der Waals surface area (Å²) >= 11 is 0. The van der Waals surface area contributed by atoms with Crippen molar-refractivity contribution in [3.8, 4) is 0 Å². The summed E-state index contributed by atoms with van der Waals surface area (Å²) in [7, 11) is 2.10. The molecule has 1 heterocycles. The van der Waals surface area contributed by atoms with Crippen LogP contribution in [0.15, 0.2) is 24.3 Å². The van der Waals surface area contributed by atoms with E-state index in [0.717, 1.165) is 13.1 Å². The number of fused-ring (bicyclic) bond motifs is 1. The first-order chi connectivity index (χ1) is 8.72. The lowest BCUT2D eigenvalue weighted by Crippen LogP contribution is -2.29. The molecule has 1 aliphatic rings. The minimum Gasteiger partial charge on any atom is -0.374 e. The molecule has 1 amide bonds. The highest BCUT2D eigenvalue weighted by atomic mass is 16.5. The largest absolute Gasteiger partial charge is 0.374 e. The second-order valence-electron chi connectivity index (χ2n) is 4.63. The molecule has 0 fully saturated rings. The van der Waals surface area contributed by atoms with Gasteiger partial charge < -0.3 is 10.2 Å². The molecule has 1 aliphatic heterocycles. The van der Waals surface area contributed by atoms with Crippen molar-refractivity contribution >= 4 is 11.6 Å². The molecule has 98 valence electrons. The molecule has 0 aliphatic carbocycles. The van der Waals surface area contributed by atoms with Crippen LogP contribution in [0.2, 0.25) is 0 Å². The van der Waals surface area contributed by atoms with E-state index in [2.05, 4.69) is 41.5 Å². The zero-order chi connectivity index (χ0) is 13.0. The average Bonchev–Trinajstić information content (AvgIpc) is 2.72. The molecule has 0 saturated carbocycles. The number of hydrogen-bond donors (Lipinski definition) is 3. The monoisotopic (exact) mass is 249 g/mol.